The number of carbonyl (C=O) groups excluding carboxylic acids is 1. The van der Waals surface area contributed by atoms with E-state index < -0.39 is 5.97 Å². The summed E-state index contributed by atoms with van der Waals surface area (Å²) in [4.78, 5) is 13.9. The van der Waals surface area contributed by atoms with Crippen LogP contribution in [0.1, 0.15) is 107 Å². The van der Waals surface area contributed by atoms with Crippen LogP contribution in [0.25, 0.3) is 21.5 Å². The Kier molecular flexibility index (Phi) is 12.6. The monoisotopic (exact) mass is 568 g/mol. The fourth-order valence-electron chi connectivity index (χ4n) is 5.58. The largest absolute Gasteiger partial charge is 0.493 e. The Bertz CT molecular complexity index is 1420. The molecule has 4 rings (SSSR count). The molecule has 0 aliphatic rings. The molecule has 4 aromatic rings. The van der Waals surface area contributed by atoms with Crippen LogP contribution in [0.5, 0.6) is 17.2 Å². The summed E-state index contributed by atoms with van der Waals surface area (Å²) < 4.78 is 18.9. The number of hydrogen-bond acceptors (Lipinski definition) is 4. The van der Waals surface area contributed by atoms with Gasteiger partial charge in [-0.25, -0.2) is 4.79 Å². The number of carbonyl (C=O) groups is 1. The van der Waals surface area contributed by atoms with Crippen molar-refractivity contribution in [2.24, 2.45) is 0 Å². The van der Waals surface area contributed by atoms with Gasteiger partial charge in [0.1, 0.15) is 22.8 Å². The summed E-state index contributed by atoms with van der Waals surface area (Å²) in [7, 11) is 0. The normalized spacial score (nSPS) is 11.2. The van der Waals surface area contributed by atoms with Crippen molar-refractivity contribution in [3.63, 3.8) is 0 Å². The fourth-order valence-corrected chi connectivity index (χ4v) is 5.58. The lowest BCUT2D eigenvalue weighted by molar-refractivity contribution is 0.0732. The SMILES string of the molecule is CCCCCCCCOc1c(C(=O)Oc2cccc3ccccc23)cc(OCCCCCCCC)c2c(C)cccc12. The van der Waals surface area contributed by atoms with Gasteiger partial charge in [-0.05, 0) is 42.8 Å². The van der Waals surface area contributed by atoms with Crippen molar-refractivity contribution < 1.29 is 19.0 Å². The van der Waals surface area contributed by atoms with Gasteiger partial charge in [-0.15, -0.1) is 0 Å². The molecule has 0 radical (unpaired) electrons. The van der Waals surface area contributed by atoms with E-state index in [9.17, 15) is 4.79 Å². The molecule has 0 saturated carbocycles. The highest BCUT2D eigenvalue weighted by molar-refractivity contribution is 6.06. The fraction of sp³-hybridized carbons (Fsp3) is 0.447. The minimum absolute atomic E-state index is 0.407. The molecule has 0 fully saturated rings. The molecule has 0 bridgehead atoms. The molecule has 0 spiro atoms. The van der Waals surface area contributed by atoms with Crippen molar-refractivity contribution in [1.29, 1.82) is 0 Å². The first kappa shape index (κ1) is 31.4. The Morgan fingerprint density at radius 3 is 1.95 bits per heavy atom. The molecule has 0 unspecified atom stereocenters. The van der Waals surface area contributed by atoms with Gasteiger partial charge < -0.3 is 14.2 Å². The van der Waals surface area contributed by atoms with Crippen molar-refractivity contribution in [3.8, 4) is 17.2 Å². The lowest BCUT2D eigenvalue weighted by Gasteiger charge is -2.19. The van der Waals surface area contributed by atoms with E-state index in [1.165, 1.54) is 51.4 Å². The van der Waals surface area contributed by atoms with Crippen LogP contribution in [0.2, 0.25) is 0 Å². The highest BCUT2D eigenvalue weighted by Crippen LogP contribution is 2.40. The van der Waals surface area contributed by atoms with E-state index in [1.807, 2.05) is 60.7 Å². The molecule has 0 heterocycles. The Morgan fingerprint density at radius 1 is 0.619 bits per heavy atom. The smallest absolute Gasteiger partial charge is 0.347 e. The molecule has 4 nitrogen and oxygen atoms in total. The van der Waals surface area contributed by atoms with E-state index >= 15 is 0 Å². The summed E-state index contributed by atoms with van der Waals surface area (Å²) in [6.45, 7) is 7.73. The van der Waals surface area contributed by atoms with Gasteiger partial charge in [0.15, 0.2) is 0 Å². The molecule has 4 aromatic carbocycles. The lowest BCUT2D eigenvalue weighted by Crippen LogP contribution is -2.13. The standard InChI is InChI=1S/C38H48O4/c1-4-6-8-10-12-16-26-40-35-28-33(38(39)42-34-25-19-22-30-21-14-15-23-31(30)34)37(32-24-18-20-29(3)36(32)35)41-27-17-13-11-9-7-5-2/h14-15,18-25,28H,4-13,16-17,26-27H2,1-3H3. The van der Waals surface area contributed by atoms with E-state index in [1.54, 1.807) is 0 Å². The molecule has 224 valence electrons. The first-order valence-electron chi connectivity index (χ1n) is 16.2. The molecule has 42 heavy (non-hydrogen) atoms. The molecule has 0 atom stereocenters. The minimum Gasteiger partial charge on any atom is -0.493 e. The number of ether oxygens (including phenoxy) is 3. The summed E-state index contributed by atoms with van der Waals surface area (Å²) in [5.74, 6) is 1.41. The third kappa shape index (κ3) is 8.50. The Labute approximate surface area is 252 Å². The van der Waals surface area contributed by atoms with Crippen LogP contribution in [-0.2, 0) is 0 Å². The molecule has 0 aliphatic carbocycles. The molecule has 0 N–H and O–H groups in total. The number of benzene rings is 4. The van der Waals surface area contributed by atoms with Gasteiger partial charge in [0.2, 0.25) is 0 Å². The van der Waals surface area contributed by atoms with Crippen LogP contribution in [0.15, 0.2) is 66.7 Å². The lowest BCUT2D eigenvalue weighted by atomic mass is 10.00. The predicted molar refractivity (Wildman–Crippen MR) is 175 cm³/mol. The van der Waals surface area contributed by atoms with Gasteiger partial charge in [-0.2, -0.15) is 0 Å². The Morgan fingerprint density at radius 2 is 1.21 bits per heavy atom. The van der Waals surface area contributed by atoms with Gasteiger partial charge >= 0.3 is 5.97 Å². The second-order valence-corrected chi connectivity index (χ2v) is 11.3. The van der Waals surface area contributed by atoms with Crippen molar-refractivity contribution in [3.05, 3.63) is 77.9 Å². The highest BCUT2D eigenvalue weighted by Gasteiger charge is 2.23. The average Bonchev–Trinajstić information content (AvgIpc) is 3.00. The summed E-state index contributed by atoms with van der Waals surface area (Å²) in [6, 6.07) is 21.7. The summed E-state index contributed by atoms with van der Waals surface area (Å²) in [5, 5.41) is 3.83. The first-order valence-corrected chi connectivity index (χ1v) is 16.2. The van der Waals surface area contributed by atoms with Crippen LogP contribution in [0.3, 0.4) is 0 Å². The quantitative estimate of drug-likeness (QED) is 0.0680. The minimum atomic E-state index is -0.433. The van der Waals surface area contributed by atoms with Gasteiger partial charge in [0.25, 0.3) is 0 Å². The van der Waals surface area contributed by atoms with E-state index in [0.717, 1.165) is 52.8 Å². The zero-order valence-electron chi connectivity index (χ0n) is 25.9. The van der Waals surface area contributed by atoms with Gasteiger partial charge in [0.05, 0.1) is 13.2 Å². The third-order valence-electron chi connectivity index (χ3n) is 7.96. The third-order valence-corrected chi connectivity index (χ3v) is 7.96. The molecule has 0 amide bonds. The highest BCUT2D eigenvalue weighted by atomic mass is 16.5. The number of hydrogen-bond donors (Lipinski definition) is 0. The van der Waals surface area contributed by atoms with E-state index in [0.29, 0.717) is 36.0 Å². The van der Waals surface area contributed by atoms with E-state index in [2.05, 4.69) is 26.8 Å². The van der Waals surface area contributed by atoms with Crippen LogP contribution in [-0.4, -0.2) is 19.2 Å². The predicted octanol–water partition coefficient (Wildman–Crippen LogP) is 11.0. The van der Waals surface area contributed by atoms with Crippen molar-refractivity contribution in [2.75, 3.05) is 13.2 Å². The summed E-state index contributed by atoms with van der Waals surface area (Å²) >= 11 is 0. The molecule has 0 aliphatic heterocycles. The maximum Gasteiger partial charge on any atom is 0.347 e. The maximum absolute atomic E-state index is 13.9. The average molecular weight is 569 g/mol. The van der Waals surface area contributed by atoms with Crippen LogP contribution >= 0.6 is 0 Å². The molecule has 0 aromatic heterocycles. The zero-order valence-corrected chi connectivity index (χ0v) is 25.9. The van der Waals surface area contributed by atoms with Crippen LogP contribution in [0, 0.1) is 6.92 Å². The van der Waals surface area contributed by atoms with Crippen molar-refractivity contribution >= 4 is 27.5 Å². The van der Waals surface area contributed by atoms with Crippen molar-refractivity contribution in [1.82, 2.24) is 0 Å². The van der Waals surface area contributed by atoms with Gasteiger partial charge in [-0.1, -0.05) is 133 Å². The molecule has 4 heteroatoms. The summed E-state index contributed by atoms with van der Waals surface area (Å²) in [6.07, 6.45) is 14.2. The topological polar surface area (TPSA) is 44.8 Å². The second kappa shape index (κ2) is 16.8. The Hall–Kier alpha value is -3.53. The Balaban J connectivity index is 1.62. The van der Waals surface area contributed by atoms with E-state index in [-0.39, 0.29) is 0 Å². The number of unbranched alkanes of at least 4 members (excludes halogenated alkanes) is 10. The van der Waals surface area contributed by atoms with Crippen LogP contribution < -0.4 is 14.2 Å². The number of esters is 1. The maximum atomic E-state index is 13.9. The molecule has 0 saturated heterocycles. The zero-order chi connectivity index (χ0) is 29.6. The van der Waals surface area contributed by atoms with Gasteiger partial charge in [-0.3, -0.25) is 0 Å². The number of aryl methyl sites for hydroxylation is 1. The first-order chi connectivity index (χ1) is 20.6. The summed E-state index contributed by atoms with van der Waals surface area (Å²) in [5.41, 5.74) is 1.51. The van der Waals surface area contributed by atoms with Crippen LogP contribution in [0.4, 0.5) is 0 Å². The van der Waals surface area contributed by atoms with E-state index in [4.69, 9.17) is 14.2 Å². The number of fused-ring (bicyclic) bond motifs is 2. The molecular formula is C38H48O4. The second-order valence-electron chi connectivity index (χ2n) is 11.3. The number of rotatable bonds is 18. The molecular weight excluding hydrogens is 520 g/mol. The van der Waals surface area contributed by atoms with Crippen molar-refractivity contribution in [2.45, 2.75) is 97.8 Å². The van der Waals surface area contributed by atoms with Gasteiger partial charge in [0, 0.05) is 16.2 Å².